The lowest BCUT2D eigenvalue weighted by Crippen LogP contribution is -2.11. The summed E-state index contributed by atoms with van der Waals surface area (Å²) in [6.45, 7) is 0.109. The molecule has 29 heavy (non-hydrogen) atoms. The zero-order chi connectivity index (χ0) is 20.5. The van der Waals surface area contributed by atoms with Crippen LogP contribution in [0.25, 0.3) is 23.0 Å². The highest BCUT2D eigenvalue weighted by Gasteiger charge is 2.16. The summed E-state index contributed by atoms with van der Waals surface area (Å²) < 4.78 is 9.68. The molecule has 0 aliphatic heterocycles. The Bertz CT molecular complexity index is 1180. The average Bonchev–Trinajstić information content (AvgIpc) is 3.39. The lowest BCUT2D eigenvalue weighted by atomic mass is 10.2. The molecule has 0 spiro atoms. The number of aromatic nitrogens is 8. The van der Waals surface area contributed by atoms with Gasteiger partial charge in [-0.15, -0.1) is 15.3 Å². The molecule has 3 heterocycles. The molecule has 0 atom stereocenters. The largest absolute Gasteiger partial charge is 0.480 e. The Morgan fingerprint density at radius 2 is 1.83 bits per heavy atom. The molecule has 0 aliphatic carbocycles. The monoisotopic (exact) mass is 586 g/mol. The third-order valence-corrected chi connectivity index (χ3v) is 6.82. The normalized spacial score (nSPS) is 11.1. The molecule has 0 aliphatic rings. The van der Waals surface area contributed by atoms with Crippen LogP contribution >= 0.6 is 47.8 Å². The zero-order valence-electron chi connectivity index (χ0n) is 14.2. The van der Waals surface area contributed by atoms with Crippen LogP contribution in [0.2, 0.25) is 0 Å². The third kappa shape index (κ3) is 4.43. The Morgan fingerprint density at radius 3 is 2.55 bits per heavy atom. The zero-order valence-corrected chi connectivity index (χ0v) is 19.0. The molecule has 4 rings (SSSR count). The van der Waals surface area contributed by atoms with Crippen molar-refractivity contribution in [2.45, 2.75) is 13.1 Å². The molecule has 11 nitrogen and oxygen atoms in total. The van der Waals surface area contributed by atoms with E-state index in [0.29, 0.717) is 17.9 Å². The number of nitrogens with zero attached hydrogens (tertiary/aromatic N) is 8. The summed E-state index contributed by atoms with van der Waals surface area (Å²) in [5, 5.41) is 32.3. The molecule has 0 fully saturated rings. The van der Waals surface area contributed by atoms with Gasteiger partial charge in [0.05, 0.1) is 12.7 Å². The fourth-order valence-corrected chi connectivity index (χ4v) is 3.92. The van der Waals surface area contributed by atoms with Gasteiger partial charge in [-0.1, -0.05) is 10.4 Å². The second-order valence-corrected chi connectivity index (χ2v) is 8.29. The van der Waals surface area contributed by atoms with E-state index in [2.05, 4.69) is 78.7 Å². The van der Waals surface area contributed by atoms with Crippen molar-refractivity contribution in [2.75, 3.05) is 0 Å². The maximum absolute atomic E-state index is 10.7. The van der Waals surface area contributed by atoms with Gasteiger partial charge in [0.25, 0.3) is 0 Å². The van der Waals surface area contributed by atoms with Gasteiger partial charge in [-0.2, -0.15) is 4.80 Å². The molecular formula is C15H9Br3N8O3. The molecule has 1 N–H and O–H groups in total. The Balaban J connectivity index is 1.52. The van der Waals surface area contributed by atoms with Crippen molar-refractivity contribution in [2.24, 2.45) is 0 Å². The fourth-order valence-electron chi connectivity index (χ4n) is 2.41. The molecule has 4 aromatic rings. The minimum atomic E-state index is -1.08. The predicted molar refractivity (Wildman–Crippen MR) is 109 cm³/mol. The first-order valence-corrected chi connectivity index (χ1v) is 10.3. The van der Waals surface area contributed by atoms with Gasteiger partial charge in [0.15, 0.2) is 6.54 Å². The van der Waals surface area contributed by atoms with Crippen molar-refractivity contribution in [1.82, 2.24) is 40.4 Å². The van der Waals surface area contributed by atoms with Gasteiger partial charge in [0, 0.05) is 19.5 Å². The Hall–Kier alpha value is -2.45. The summed E-state index contributed by atoms with van der Waals surface area (Å²) in [6, 6.07) is 5.55. The standard InChI is InChI=1S/C15H9Br3N8O3/c16-8-1-7(2-9(17)14(8)18)4-25-5-11(19-23-25)10-3-12(29-22-10)15-20-24-26(21-15)6-13(27)28/h1-3,5H,4,6H2,(H,27,28). The number of carboxylic acid groups (broad SMARTS) is 1. The number of benzene rings is 1. The number of hydrogen-bond acceptors (Lipinski definition) is 8. The highest BCUT2D eigenvalue weighted by molar-refractivity contribution is 9.14. The predicted octanol–water partition coefficient (Wildman–Crippen LogP) is 3.01. The van der Waals surface area contributed by atoms with Crippen LogP contribution in [0.4, 0.5) is 0 Å². The van der Waals surface area contributed by atoms with Crippen molar-refractivity contribution in [3.63, 3.8) is 0 Å². The first kappa shape index (κ1) is 19.8. The number of rotatable bonds is 6. The number of hydrogen-bond donors (Lipinski definition) is 1. The highest BCUT2D eigenvalue weighted by atomic mass is 79.9. The number of carboxylic acids is 1. The number of tetrazole rings is 1. The summed E-state index contributed by atoms with van der Waals surface area (Å²) >= 11 is 10.5. The second kappa shape index (κ2) is 8.12. The van der Waals surface area contributed by atoms with Crippen LogP contribution in [0, 0.1) is 0 Å². The minimum Gasteiger partial charge on any atom is -0.480 e. The lowest BCUT2D eigenvalue weighted by Gasteiger charge is -2.05. The SMILES string of the molecule is O=C(O)Cn1nnc(-c2cc(-c3cn(Cc4cc(Br)c(Br)c(Br)c4)nn3)no2)n1. The second-order valence-electron chi connectivity index (χ2n) is 5.79. The summed E-state index contributed by atoms with van der Waals surface area (Å²) in [5.41, 5.74) is 1.97. The van der Waals surface area contributed by atoms with E-state index < -0.39 is 12.5 Å². The Morgan fingerprint density at radius 1 is 1.07 bits per heavy atom. The van der Waals surface area contributed by atoms with Crippen LogP contribution in [0.3, 0.4) is 0 Å². The van der Waals surface area contributed by atoms with Gasteiger partial charge in [-0.05, 0) is 70.7 Å². The van der Waals surface area contributed by atoms with Gasteiger partial charge < -0.3 is 9.63 Å². The van der Waals surface area contributed by atoms with E-state index in [1.54, 1.807) is 16.9 Å². The molecule has 0 unspecified atom stereocenters. The van der Waals surface area contributed by atoms with E-state index in [0.717, 1.165) is 23.8 Å². The number of aliphatic carboxylic acids is 1. The Kier molecular flexibility index (Phi) is 5.56. The van der Waals surface area contributed by atoms with E-state index in [9.17, 15) is 4.79 Å². The Labute approximate surface area is 187 Å². The topological polar surface area (TPSA) is 138 Å². The van der Waals surface area contributed by atoms with Crippen molar-refractivity contribution >= 4 is 53.8 Å². The van der Waals surface area contributed by atoms with Crippen LogP contribution < -0.4 is 0 Å². The van der Waals surface area contributed by atoms with E-state index in [1.807, 2.05) is 12.1 Å². The van der Waals surface area contributed by atoms with Crippen molar-refractivity contribution in [1.29, 1.82) is 0 Å². The number of halogens is 3. The third-order valence-electron chi connectivity index (χ3n) is 3.65. The molecule has 0 amide bonds. The maximum atomic E-state index is 10.7. The van der Waals surface area contributed by atoms with Crippen LogP contribution in [-0.2, 0) is 17.9 Å². The lowest BCUT2D eigenvalue weighted by molar-refractivity contribution is -0.138. The quantitative estimate of drug-likeness (QED) is 0.337. The minimum absolute atomic E-state index is 0.127. The van der Waals surface area contributed by atoms with E-state index in [4.69, 9.17) is 9.63 Å². The molecule has 0 saturated carbocycles. The molecule has 148 valence electrons. The molecule has 3 aromatic heterocycles. The van der Waals surface area contributed by atoms with Crippen LogP contribution in [0.5, 0.6) is 0 Å². The molecule has 1 aromatic carbocycles. The van der Waals surface area contributed by atoms with Crippen molar-refractivity contribution < 1.29 is 14.4 Å². The molecule has 0 saturated heterocycles. The van der Waals surface area contributed by atoms with E-state index in [-0.39, 0.29) is 11.6 Å². The van der Waals surface area contributed by atoms with Crippen molar-refractivity contribution in [3.8, 4) is 23.0 Å². The summed E-state index contributed by atoms with van der Waals surface area (Å²) in [5.74, 6) is -0.706. The summed E-state index contributed by atoms with van der Waals surface area (Å²) in [6.07, 6.45) is 1.74. The molecule has 0 bridgehead atoms. The number of carbonyl (C=O) groups is 1. The fraction of sp³-hybridized carbons (Fsp3) is 0.133. The van der Waals surface area contributed by atoms with Gasteiger partial charge in [0.2, 0.25) is 11.6 Å². The molecular weight excluding hydrogens is 580 g/mol. The molecule has 0 radical (unpaired) electrons. The first-order valence-electron chi connectivity index (χ1n) is 7.89. The van der Waals surface area contributed by atoms with Gasteiger partial charge >= 0.3 is 5.97 Å². The molecule has 14 heteroatoms. The first-order chi connectivity index (χ1) is 13.9. The smallest absolute Gasteiger partial charge is 0.327 e. The van der Waals surface area contributed by atoms with Crippen molar-refractivity contribution in [3.05, 3.63) is 43.4 Å². The summed E-state index contributed by atoms with van der Waals surface area (Å²) in [7, 11) is 0. The van der Waals surface area contributed by atoms with Gasteiger partial charge in [0.1, 0.15) is 11.4 Å². The van der Waals surface area contributed by atoms with Crippen LogP contribution in [0.1, 0.15) is 5.56 Å². The van der Waals surface area contributed by atoms with E-state index in [1.165, 1.54) is 0 Å². The van der Waals surface area contributed by atoms with Crippen LogP contribution in [-0.4, -0.2) is 51.4 Å². The summed E-state index contributed by atoms with van der Waals surface area (Å²) in [4.78, 5) is 11.7. The van der Waals surface area contributed by atoms with Crippen LogP contribution in [0.15, 0.2) is 42.3 Å². The highest BCUT2D eigenvalue weighted by Crippen LogP contribution is 2.32. The van der Waals surface area contributed by atoms with Gasteiger partial charge in [-0.25, -0.2) is 4.68 Å². The van der Waals surface area contributed by atoms with Gasteiger partial charge in [-0.3, -0.25) is 4.79 Å². The average molecular weight is 589 g/mol. The maximum Gasteiger partial charge on any atom is 0.327 e. The van der Waals surface area contributed by atoms with E-state index >= 15 is 0 Å².